The molecule has 0 unspecified atom stereocenters. The van der Waals surface area contributed by atoms with Crippen molar-refractivity contribution in [3.8, 4) is 10.4 Å². The van der Waals surface area contributed by atoms with Gasteiger partial charge < -0.3 is 10.6 Å². The number of aliphatic imine (C=N–C) groups is 1. The van der Waals surface area contributed by atoms with E-state index in [1.165, 1.54) is 11.3 Å². The minimum Gasteiger partial charge on any atom is -0.354 e. The second-order valence-electron chi connectivity index (χ2n) is 4.29. The van der Waals surface area contributed by atoms with Crippen LogP contribution in [0.5, 0.6) is 0 Å². The normalized spacial score (nSPS) is 13.7. The van der Waals surface area contributed by atoms with Gasteiger partial charge in [0.05, 0.1) is 16.8 Å². The first kappa shape index (κ1) is 12.6. The second-order valence-corrected chi connectivity index (χ2v) is 5.20. The van der Waals surface area contributed by atoms with E-state index in [4.69, 9.17) is 0 Å². The number of nitrogens with zero attached hydrogens (tertiary/aromatic N) is 2. The van der Waals surface area contributed by atoms with Gasteiger partial charge in [0.2, 0.25) is 0 Å². The molecule has 1 aliphatic heterocycles. The molecule has 0 amide bonds. The SMILES string of the molecule is O=[N+]([O-])c1csc(-c2ccc(NC3=NCCN3)cc2)c1. The lowest BCUT2D eigenvalue weighted by Crippen LogP contribution is -2.26. The Hall–Kier alpha value is -2.41. The summed E-state index contributed by atoms with van der Waals surface area (Å²) >= 11 is 1.37. The maximum atomic E-state index is 10.7. The van der Waals surface area contributed by atoms with Crippen molar-refractivity contribution in [2.75, 3.05) is 18.4 Å². The molecule has 0 fully saturated rings. The molecule has 0 radical (unpaired) electrons. The predicted octanol–water partition coefficient (Wildman–Crippen LogP) is 2.69. The highest BCUT2D eigenvalue weighted by Crippen LogP contribution is 2.31. The first-order valence-corrected chi connectivity index (χ1v) is 6.99. The summed E-state index contributed by atoms with van der Waals surface area (Å²) in [6.45, 7) is 1.65. The van der Waals surface area contributed by atoms with E-state index in [-0.39, 0.29) is 10.6 Å². The Labute approximate surface area is 119 Å². The average Bonchev–Trinajstić information content (AvgIpc) is 3.10. The summed E-state index contributed by atoms with van der Waals surface area (Å²) < 4.78 is 0. The molecule has 7 heteroatoms. The average molecular weight is 288 g/mol. The first-order chi connectivity index (χ1) is 9.72. The number of guanidine groups is 1. The molecule has 0 bridgehead atoms. The molecule has 1 aromatic heterocycles. The molecule has 0 atom stereocenters. The fraction of sp³-hybridized carbons (Fsp3) is 0.154. The van der Waals surface area contributed by atoms with Gasteiger partial charge in [-0.15, -0.1) is 11.3 Å². The van der Waals surface area contributed by atoms with Gasteiger partial charge in [0.25, 0.3) is 5.69 Å². The summed E-state index contributed by atoms with van der Waals surface area (Å²) in [5, 5.41) is 18.5. The van der Waals surface area contributed by atoms with Gasteiger partial charge >= 0.3 is 0 Å². The molecule has 1 aromatic carbocycles. The fourth-order valence-electron chi connectivity index (χ4n) is 1.91. The molecule has 102 valence electrons. The van der Waals surface area contributed by atoms with Crippen LogP contribution in [0.4, 0.5) is 11.4 Å². The zero-order valence-corrected chi connectivity index (χ0v) is 11.3. The molecular weight excluding hydrogens is 276 g/mol. The molecule has 3 rings (SSSR count). The van der Waals surface area contributed by atoms with Crippen LogP contribution in [0.15, 0.2) is 40.7 Å². The third-order valence-corrected chi connectivity index (χ3v) is 3.87. The Morgan fingerprint density at radius 2 is 2.15 bits per heavy atom. The Morgan fingerprint density at radius 1 is 1.35 bits per heavy atom. The van der Waals surface area contributed by atoms with E-state index in [0.29, 0.717) is 0 Å². The van der Waals surface area contributed by atoms with Crippen LogP contribution in [0.1, 0.15) is 0 Å². The zero-order chi connectivity index (χ0) is 13.9. The fourth-order valence-corrected chi connectivity index (χ4v) is 2.77. The van der Waals surface area contributed by atoms with Gasteiger partial charge in [-0.05, 0) is 17.7 Å². The van der Waals surface area contributed by atoms with E-state index in [1.54, 1.807) is 11.4 Å². The van der Waals surface area contributed by atoms with Crippen LogP contribution in [0.3, 0.4) is 0 Å². The van der Waals surface area contributed by atoms with Gasteiger partial charge in [0.1, 0.15) is 0 Å². The highest BCUT2D eigenvalue weighted by atomic mass is 32.1. The van der Waals surface area contributed by atoms with Crippen molar-refractivity contribution in [3.05, 3.63) is 45.8 Å². The van der Waals surface area contributed by atoms with E-state index in [1.807, 2.05) is 24.3 Å². The Morgan fingerprint density at radius 3 is 2.75 bits per heavy atom. The molecule has 0 saturated heterocycles. The zero-order valence-electron chi connectivity index (χ0n) is 10.5. The van der Waals surface area contributed by atoms with Gasteiger partial charge in [-0.25, -0.2) is 0 Å². The summed E-state index contributed by atoms with van der Waals surface area (Å²) in [4.78, 5) is 15.4. The van der Waals surface area contributed by atoms with Crippen molar-refractivity contribution in [3.63, 3.8) is 0 Å². The van der Waals surface area contributed by atoms with Gasteiger partial charge in [-0.2, -0.15) is 0 Å². The monoisotopic (exact) mass is 288 g/mol. The van der Waals surface area contributed by atoms with Gasteiger partial charge in [-0.3, -0.25) is 15.1 Å². The van der Waals surface area contributed by atoms with E-state index >= 15 is 0 Å². The van der Waals surface area contributed by atoms with Crippen LogP contribution >= 0.6 is 11.3 Å². The number of thiophene rings is 1. The quantitative estimate of drug-likeness (QED) is 0.672. The number of anilines is 1. The molecule has 2 aromatic rings. The summed E-state index contributed by atoms with van der Waals surface area (Å²) in [5.41, 5.74) is 2.04. The van der Waals surface area contributed by atoms with E-state index in [2.05, 4.69) is 15.6 Å². The maximum Gasteiger partial charge on any atom is 0.280 e. The minimum atomic E-state index is -0.375. The van der Waals surface area contributed by atoms with Crippen molar-refractivity contribution in [1.82, 2.24) is 5.32 Å². The molecular formula is C13H12N4O2S. The maximum absolute atomic E-state index is 10.7. The second kappa shape index (κ2) is 5.30. The first-order valence-electron chi connectivity index (χ1n) is 6.11. The predicted molar refractivity (Wildman–Crippen MR) is 80.3 cm³/mol. The number of hydrogen-bond acceptors (Lipinski definition) is 6. The van der Waals surface area contributed by atoms with Crippen LogP contribution in [0.2, 0.25) is 0 Å². The molecule has 1 aliphatic rings. The number of benzene rings is 1. The Bertz CT molecular complexity index is 663. The highest BCUT2D eigenvalue weighted by molar-refractivity contribution is 7.14. The van der Waals surface area contributed by atoms with Crippen LogP contribution in [0.25, 0.3) is 10.4 Å². The van der Waals surface area contributed by atoms with Gasteiger partial charge in [0.15, 0.2) is 5.96 Å². The topological polar surface area (TPSA) is 79.6 Å². The standard InChI is InChI=1S/C13H12N4O2S/c18-17(19)11-7-12(20-8-11)9-1-3-10(4-2-9)16-13-14-5-6-15-13/h1-4,7-8H,5-6H2,(H2,14,15,16). The van der Waals surface area contributed by atoms with Crippen molar-refractivity contribution in [2.24, 2.45) is 4.99 Å². The van der Waals surface area contributed by atoms with Crippen LogP contribution in [-0.4, -0.2) is 24.0 Å². The summed E-state index contributed by atoms with van der Waals surface area (Å²) in [5.74, 6) is 0.782. The Balaban J connectivity index is 1.76. The van der Waals surface area contributed by atoms with Crippen LogP contribution in [0, 0.1) is 10.1 Å². The van der Waals surface area contributed by atoms with Crippen LogP contribution in [-0.2, 0) is 0 Å². The third-order valence-electron chi connectivity index (χ3n) is 2.90. The van der Waals surface area contributed by atoms with E-state index < -0.39 is 0 Å². The molecule has 2 N–H and O–H groups in total. The number of nitrogens with one attached hydrogen (secondary N) is 2. The highest BCUT2D eigenvalue weighted by Gasteiger charge is 2.11. The van der Waals surface area contributed by atoms with Crippen molar-refractivity contribution < 1.29 is 4.92 Å². The lowest BCUT2D eigenvalue weighted by atomic mass is 10.1. The molecule has 2 heterocycles. The Kier molecular flexibility index (Phi) is 3.34. The molecule has 0 spiro atoms. The van der Waals surface area contributed by atoms with E-state index in [0.717, 1.165) is 35.2 Å². The van der Waals surface area contributed by atoms with Crippen molar-refractivity contribution in [2.45, 2.75) is 0 Å². The summed E-state index contributed by atoms with van der Waals surface area (Å²) in [6, 6.07) is 9.34. The number of nitro groups is 1. The summed E-state index contributed by atoms with van der Waals surface area (Å²) in [6.07, 6.45) is 0. The summed E-state index contributed by atoms with van der Waals surface area (Å²) in [7, 11) is 0. The molecule has 0 aliphatic carbocycles. The van der Waals surface area contributed by atoms with Crippen molar-refractivity contribution >= 4 is 28.7 Å². The van der Waals surface area contributed by atoms with Gasteiger partial charge in [-0.1, -0.05) is 12.1 Å². The number of rotatable bonds is 3. The van der Waals surface area contributed by atoms with Crippen molar-refractivity contribution in [1.29, 1.82) is 0 Å². The third kappa shape index (κ3) is 2.62. The lowest BCUT2D eigenvalue weighted by molar-refractivity contribution is -0.384. The van der Waals surface area contributed by atoms with Crippen LogP contribution < -0.4 is 10.6 Å². The lowest BCUT2D eigenvalue weighted by Gasteiger charge is -2.06. The largest absolute Gasteiger partial charge is 0.354 e. The molecule has 20 heavy (non-hydrogen) atoms. The molecule has 0 saturated carbocycles. The minimum absolute atomic E-state index is 0.136. The van der Waals surface area contributed by atoms with Gasteiger partial charge in [0, 0.05) is 23.2 Å². The van der Waals surface area contributed by atoms with E-state index in [9.17, 15) is 10.1 Å². The smallest absolute Gasteiger partial charge is 0.280 e. The molecule has 6 nitrogen and oxygen atoms in total. The number of hydrogen-bond donors (Lipinski definition) is 2.